The number of nitrogens with zero attached hydrogens (tertiary/aromatic N) is 3. The van der Waals surface area contributed by atoms with E-state index in [1.54, 1.807) is 48.5 Å². The van der Waals surface area contributed by atoms with Crippen molar-refractivity contribution >= 4 is 17.8 Å². The number of benzene rings is 3. The van der Waals surface area contributed by atoms with E-state index in [1.165, 1.54) is 0 Å². The lowest BCUT2D eigenvalue weighted by Crippen LogP contribution is -2.49. The zero-order valence-electron chi connectivity index (χ0n) is 18.5. The molecular weight excluding hydrogens is 446 g/mol. The predicted molar refractivity (Wildman–Crippen MR) is 125 cm³/mol. The molecule has 174 valence electrons. The first-order valence-electron chi connectivity index (χ1n) is 11.0. The molecule has 0 unspecified atom stereocenters. The molecule has 0 spiro atoms. The predicted octanol–water partition coefficient (Wildman–Crippen LogP) is 3.20. The molecule has 3 aromatic carbocycles. The van der Waals surface area contributed by atoms with Crippen LogP contribution in [0.3, 0.4) is 0 Å². The van der Waals surface area contributed by atoms with Gasteiger partial charge in [0.15, 0.2) is 5.54 Å². The van der Waals surface area contributed by atoms with Gasteiger partial charge in [0, 0.05) is 18.4 Å². The third-order valence-electron chi connectivity index (χ3n) is 5.74. The molecule has 0 radical (unpaired) electrons. The van der Waals surface area contributed by atoms with E-state index in [1.807, 2.05) is 42.5 Å². The molecule has 1 saturated heterocycles. The topological polar surface area (TPSA) is 117 Å². The molecule has 0 atom stereocenters. The maximum absolute atomic E-state index is 13.6. The van der Waals surface area contributed by atoms with Crippen molar-refractivity contribution in [2.45, 2.75) is 18.4 Å². The van der Waals surface area contributed by atoms with Gasteiger partial charge in [0.05, 0.1) is 0 Å². The molecular formula is C26H21N5O4. The van der Waals surface area contributed by atoms with Crippen LogP contribution in [-0.4, -0.2) is 33.0 Å². The summed E-state index contributed by atoms with van der Waals surface area (Å²) in [6.45, 7) is 0. The Morgan fingerprint density at radius 2 is 1.46 bits per heavy atom. The monoisotopic (exact) mass is 467 g/mol. The van der Waals surface area contributed by atoms with Crippen molar-refractivity contribution in [1.29, 1.82) is 0 Å². The highest BCUT2D eigenvalue weighted by Gasteiger charge is 2.54. The van der Waals surface area contributed by atoms with Crippen LogP contribution < -0.4 is 10.7 Å². The highest BCUT2D eigenvalue weighted by molar-refractivity contribution is 6.10. The lowest BCUT2D eigenvalue weighted by molar-refractivity contribution is -0.138. The number of rotatable bonds is 7. The highest BCUT2D eigenvalue weighted by atomic mass is 16.5. The molecule has 1 aliphatic rings. The summed E-state index contributed by atoms with van der Waals surface area (Å²) in [5.41, 5.74) is 2.93. The number of nitrogens with one attached hydrogen (secondary N) is 2. The summed E-state index contributed by atoms with van der Waals surface area (Å²) in [7, 11) is 0. The van der Waals surface area contributed by atoms with Gasteiger partial charge in [-0.1, -0.05) is 96.2 Å². The van der Waals surface area contributed by atoms with Gasteiger partial charge in [0.1, 0.15) is 0 Å². The molecule has 1 aliphatic heterocycles. The van der Waals surface area contributed by atoms with Crippen molar-refractivity contribution < 1.29 is 18.9 Å². The molecule has 1 aromatic heterocycles. The van der Waals surface area contributed by atoms with Crippen LogP contribution in [0.1, 0.15) is 23.4 Å². The molecule has 4 amide bonds. The number of hydrogen-bond donors (Lipinski definition) is 2. The molecule has 9 heteroatoms. The second kappa shape index (κ2) is 9.22. The molecule has 0 saturated carbocycles. The number of hydrogen-bond acceptors (Lipinski definition) is 6. The Kier molecular flexibility index (Phi) is 5.80. The number of hydrazine groups is 1. The van der Waals surface area contributed by atoms with Crippen LogP contribution in [0.4, 0.5) is 4.79 Å². The van der Waals surface area contributed by atoms with E-state index in [-0.39, 0.29) is 18.7 Å². The molecule has 4 aromatic rings. The molecule has 2 N–H and O–H groups in total. The second-order valence-corrected chi connectivity index (χ2v) is 7.97. The van der Waals surface area contributed by atoms with E-state index in [9.17, 15) is 14.4 Å². The highest BCUT2D eigenvalue weighted by Crippen LogP contribution is 2.35. The van der Waals surface area contributed by atoms with Crippen LogP contribution in [0.2, 0.25) is 0 Å². The molecule has 9 nitrogen and oxygen atoms in total. The van der Waals surface area contributed by atoms with E-state index in [4.69, 9.17) is 4.52 Å². The number of amides is 4. The summed E-state index contributed by atoms with van der Waals surface area (Å²) < 4.78 is 5.23. The Hall–Kier alpha value is -4.79. The molecule has 1 fully saturated rings. The first-order chi connectivity index (χ1) is 17.1. The number of aromatic nitrogens is 2. The Morgan fingerprint density at radius 3 is 2.06 bits per heavy atom. The summed E-state index contributed by atoms with van der Waals surface area (Å²) in [5, 5.41) is 7.44. The quantitative estimate of drug-likeness (QED) is 0.403. The molecule has 5 rings (SSSR count). The Labute approximate surface area is 200 Å². The largest absolute Gasteiger partial charge is 0.344 e. The Morgan fingerprint density at radius 1 is 0.886 bits per heavy atom. The van der Waals surface area contributed by atoms with Gasteiger partial charge in [0.25, 0.3) is 5.91 Å². The van der Waals surface area contributed by atoms with Crippen molar-refractivity contribution in [3.05, 3.63) is 108 Å². The number of carbonyl (C=O) groups is 3. The lowest BCUT2D eigenvalue weighted by Gasteiger charge is -2.27. The minimum absolute atomic E-state index is 0.0584. The summed E-state index contributed by atoms with van der Waals surface area (Å²) in [6, 6.07) is 26.4. The lowest BCUT2D eigenvalue weighted by atomic mass is 9.83. The van der Waals surface area contributed by atoms with Crippen LogP contribution in [0.5, 0.6) is 0 Å². The van der Waals surface area contributed by atoms with E-state index in [0.717, 1.165) is 10.6 Å². The van der Waals surface area contributed by atoms with Gasteiger partial charge in [-0.25, -0.2) is 4.79 Å². The van der Waals surface area contributed by atoms with Crippen LogP contribution >= 0.6 is 0 Å². The maximum atomic E-state index is 13.6. The van der Waals surface area contributed by atoms with Crippen LogP contribution in [0.15, 0.2) is 95.5 Å². The SMILES string of the molecule is O=C(CCc1nc(-c2ccccc2)no1)NN1C(=O)NC(c2ccccc2)(c2ccccc2)C1=O. The van der Waals surface area contributed by atoms with E-state index in [0.29, 0.717) is 17.0 Å². The maximum Gasteiger partial charge on any atom is 0.344 e. The van der Waals surface area contributed by atoms with Gasteiger partial charge >= 0.3 is 6.03 Å². The summed E-state index contributed by atoms with van der Waals surface area (Å²) in [6.07, 6.45) is 0.0922. The zero-order chi connectivity index (χ0) is 24.3. The third-order valence-corrected chi connectivity index (χ3v) is 5.74. The second-order valence-electron chi connectivity index (χ2n) is 7.97. The third kappa shape index (κ3) is 4.15. The number of carbonyl (C=O) groups excluding carboxylic acids is 3. The van der Waals surface area contributed by atoms with Crippen molar-refractivity contribution in [3.63, 3.8) is 0 Å². The van der Waals surface area contributed by atoms with Crippen molar-refractivity contribution in [2.75, 3.05) is 0 Å². The minimum Gasteiger partial charge on any atom is -0.339 e. The summed E-state index contributed by atoms with van der Waals surface area (Å²) in [5.74, 6) is -0.438. The van der Waals surface area contributed by atoms with Gasteiger partial charge in [-0.3, -0.25) is 15.0 Å². The first kappa shape index (κ1) is 22.0. The normalized spacial score (nSPS) is 14.6. The zero-order valence-corrected chi connectivity index (χ0v) is 18.5. The fourth-order valence-corrected chi connectivity index (χ4v) is 4.03. The van der Waals surface area contributed by atoms with E-state index in [2.05, 4.69) is 20.9 Å². The van der Waals surface area contributed by atoms with Crippen molar-refractivity contribution in [3.8, 4) is 11.4 Å². The number of imide groups is 1. The fraction of sp³-hybridized carbons (Fsp3) is 0.115. The average Bonchev–Trinajstić information content (AvgIpc) is 3.48. The van der Waals surface area contributed by atoms with Gasteiger partial charge in [0.2, 0.25) is 17.6 Å². The van der Waals surface area contributed by atoms with E-state index >= 15 is 0 Å². The van der Waals surface area contributed by atoms with Gasteiger partial charge in [-0.15, -0.1) is 0 Å². The minimum atomic E-state index is -1.45. The van der Waals surface area contributed by atoms with E-state index < -0.39 is 23.4 Å². The molecule has 0 aliphatic carbocycles. The fourth-order valence-electron chi connectivity index (χ4n) is 4.03. The molecule has 35 heavy (non-hydrogen) atoms. The summed E-state index contributed by atoms with van der Waals surface area (Å²) in [4.78, 5) is 43.4. The molecule has 2 heterocycles. The Balaban J connectivity index is 1.31. The number of aryl methyl sites for hydroxylation is 1. The summed E-state index contributed by atoms with van der Waals surface area (Å²) >= 11 is 0. The van der Waals surface area contributed by atoms with Crippen LogP contribution in [-0.2, 0) is 21.5 Å². The Bertz CT molecular complexity index is 1320. The standard InChI is InChI=1S/C26H21N5O4/c32-21(16-17-22-27-23(30-35-22)18-10-4-1-5-11-18)29-31-24(33)26(28-25(31)34,19-12-6-2-7-13-19)20-14-8-3-9-15-20/h1-15H,16-17H2,(H,28,34)(H,29,32). The average molecular weight is 467 g/mol. The van der Waals surface area contributed by atoms with Crippen LogP contribution in [0, 0.1) is 0 Å². The smallest absolute Gasteiger partial charge is 0.339 e. The van der Waals surface area contributed by atoms with Crippen molar-refractivity contribution in [2.24, 2.45) is 0 Å². The molecule has 0 bridgehead atoms. The van der Waals surface area contributed by atoms with Crippen molar-refractivity contribution in [1.82, 2.24) is 25.9 Å². The van der Waals surface area contributed by atoms with Crippen LogP contribution in [0.25, 0.3) is 11.4 Å². The first-order valence-corrected chi connectivity index (χ1v) is 11.0. The number of urea groups is 1. The van der Waals surface area contributed by atoms with Gasteiger partial charge < -0.3 is 9.84 Å². The van der Waals surface area contributed by atoms with Gasteiger partial charge in [-0.2, -0.15) is 9.99 Å². The van der Waals surface area contributed by atoms with Gasteiger partial charge in [-0.05, 0) is 11.1 Å².